The fraction of sp³-hybridized carbons (Fsp3) is 0.350. The molecule has 0 heterocycles. The number of anilines is 1. The van der Waals surface area contributed by atoms with Crippen molar-refractivity contribution in [3.63, 3.8) is 0 Å². The highest BCUT2D eigenvalue weighted by Gasteiger charge is 2.23. The summed E-state index contributed by atoms with van der Waals surface area (Å²) in [5, 5.41) is 3.11. The second kappa shape index (κ2) is 7.70. The summed E-state index contributed by atoms with van der Waals surface area (Å²) in [7, 11) is 0.900. The van der Waals surface area contributed by atoms with Gasteiger partial charge in [0, 0.05) is 26.7 Å². The maximum Gasteiger partial charge on any atom is 0.303 e. The van der Waals surface area contributed by atoms with Gasteiger partial charge in [-0.15, -0.1) is 0 Å². The van der Waals surface area contributed by atoms with Gasteiger partial charge in [0.05, 0.1) is 11.7 Å². The molecule has 0 spiro atoms. The van der Waals surface area contributed by atoms with Gasteiger partial charge in [-0.2, -0.15) is 12.7 Å². The average molecular weight is 388 g/mol. The Morgan fingerprint density at radius 1 is 1.04 bits per heavy atom. The van der Waals surface area contributed by atoms with E-state index in [-0.39, 0.29) is 11.9 Å². The van der Waals surface area contributed by atoms with Gasteiger partial charge in [0.1, 0.15) is 0 Å². The number of amides is 1. The number of carbonyl (C=O) groups excluding carboxylic acids is 1. The molecule has 2 aromatic rings. The van der Waals surface area contributed by atoms with Gasteiger partial charge in [0.2, 0.25) is 0 Å². The zero-order valence-electron chi connectivity index (χ0n) is 15.8. The van der Waals surface area contributed by atoms with Crippen LogP contribution in [0.15, 0.2) is 48.5 Å². The zero-order valence-corrected chi connectivity index (χ0v) is 16.7. The molecule has 0 saturated carbocycles. The van der Waals surface area contributed by atoms with E-state index < -0.39 is 10.2 Å². The number of hydrogen-bond acceptors (Lipinski definition) is 3. The van der Waals surface area contributed by atoms with Crippen LogP contribution in [0.2, 0.25) is 0 Å². The van der Waals surface area contributed by atoms with Crippen molar-refractivity contribution >= 4 is 21.8 Å². The number of fused-ring (bicyclic) bond motifs is 1. The average Bonchev–Trinajstić information content (AvgIpc) is 2.67. The minimum atomic E-state index is -3.55. The van der Waals surface area contributed by atoms with Crippen molar-refractivity contribution in [2.24, 2.45) is 0 Å². The number of nitrogens with zero attached hydrogens (tertiary/aromatic N) is 2. The predicted molar refractivity (Wildman–Crippen MR) is 107 cm³/mol. The van der Waals surface area contributed by atoms with E-state index in [0.717, 1.165) is 23.6 Å². The lowest BCUT2D eigenvalue weighted by atomic mass is 9.87. The molecular formula is C20H25N3O3S. The quantitative estimate of drug-likeness (QED) is 0.858. The van der Waals surface area contributed by atoms with Crippen LogP contribution in [0.3, 0.4) is 0 Å². The highest BCUT2D eigenvalue weighted by Crippen LogP contribution is 2.29. The lowest BCUT2D eigenvalue weighted by Gasteiger charge is -2.26. The van der Waals surface area contributed by atoms with Gasteiger partial charge in [-0.3, -0.25) is 9.10 Å². The van der Waals surface area contributed by atoms with Crippen LogP contribution in [0.5, 0.6) is 0 Å². The molecule has 2 aromatic carbocycles. The van der Waals surface area contributed by atoms with Crippen molar-refractivity contribution in [1.82, 2.24) is 9.62 Å². The van der Waals surface area contributed by atoms with Gasteiger partial charge in [-0.05, 0) is 54.7 Å². The van der Waals surface area contributed by atoms with Crippen LogP contribution < -0.4 is 9.62 Å². The Morgan fingerprint density at radius 3 is 2.37 bits per heavy atom. The van der Waals surface area contributed by atoms with E-state index in [1.54, 1.807) is 24.3 Å². The molecule has 27 heavy (non-hydrogen) atoms. The van der Waals surface area contributed by atoms with Crippen molar-refractivity contribution in [2.45, 2.75) is 25.3 Å². The third kappa shape index (κ3) is 3.99. The number of rotatable bonds is 5. The Morgan fingerprint density at radius 2 is 1.70 bits per heavy atom. The van der Waals surface area contributed by atoms with Gasteiger partial charge >= 0.3 is 10.2 Å². The summed E-state index contributed by atoms with van der Waals surface area (Å²) in [4.78, 5) is 12.7. The number of nitrogens with one attached hydrogen (secondary N) is 1. The number of benzene rings is 2. The van der Waals surface area contributed by atoms with Crippen LogP contribution in [-0.4, -0.2) is 39.8 Å². The SMILES string of the molecule is CN(C)S(=O)(=O)N(C)c1ccc(C(=O)NC2CCCc3ccccc32)cc1. The molecule has 0 bridgehead atoms. The van der Waals surface area contributed by atoms with Crippen LogP contribution in [0.25, 0.3) is 0 Å². The number of hydrogen-bond donors (Lipinski definition) is 1. The molecule has 0 radical (unpaired) electrons. The molecule has 1 N–H and O–H groups in total. The molecule has 1 unspecified atom stereocenters. The standard InChI is InChI=1S/C20H25N3O3S/c1-22(2)27(25,26)23(3)17-13-11-16(12-14-17)20(24)21-19-10-6-8-15-7-4-5-9-18(15)19/h4-5,7,9,11-14,19H,6,8,10H2,1-3H3,(H,21,24). The van der Waals surface area contributed by atoms with E-state index in [1.807, 2.05) is 12.1 Å². The molecule has 7 heteroatoms. The first-order valence-corrected chi connectivity index (χ1v) is 10.4. The van der Waals surface area contributed by atoms with Crippen LogP contribution in [0.4, 0.5) is 5.69 Å². The third-order valence-corrected chi connectivity index (χ3v) is 6.80. The van der Waals surface area contributed by atoms with Gasteiger partial charge in [0.15, 0.2) is 0 Å². The summed E-state index contributed by atoms with van der Waals surface area (Å²) in [6.45, 7) is 0. The fourth-order valence-corrected chi connectivity index (χ4v) is 4.22. The topological polar surface area (TPSA) is 69.7 Å². The number of carbonyl (C=O) groups is 1. The van der Waals surface area contributed by atoms with Gasteiger partial charge < -0.3 is 5.32 Å². The van der Waals surface area contributed by atoms with E-state index in [9.17, 15) is 13.2 Å². The first kappa shape index (κ1) is 19.4. The maximum atomic E-state index is 12.7. The summed E-state index contributed by atoms with van der Waals surface area (Å²) in [5.41, 5.74) is 3.49. The molecule has 0 fully saturated rings. The van der Waals surface area contributed by atoms with Crippen molar-refractivity contribution in [1.29, 1.82) is 0 Å². The molecular weight excluding hydrogens is 362 g/mol. The van der Waals surface area contributed by atoms with E-state index in [1.165, 1.54) is 36.6 Å². The lowest BCUT2D eigenvalue weighted by molar-refractivity contribution is 0.0933. The Hall–Kier alpha value is -2.38. The fourth-order valence-electron chi connectivity index (χ4n) is 3.35. The first-order valence-electron chi connectivity index (χ1n) is 8.96. The van der Waals surface area contributed by atoms with E-state index >= 15 is 0 Å². The third-order valence-electron chi connectivity index (χ3n) is 4.98. The van der Waals surface area contributed by atoms with Gasteiger partial charge in [-0.1, -0.05) is 24.3 Å². The van der Waals surface area contributed by atoms with Crippen LogP contribution in [-0.2, 0) is 16.6 Å². The molecule has 3 rings (SSSR count). The van der Waals surface area contributed by atoms with Gasteiger partial charge in [0.25, 0.3) is 5.91 Å². The molecule has 144 valence electrons. The van der Waals surface area contributed by atoms with Crippen LogP contribution in [0.1, 0.15) is 40.4 Å². The molecule has 1 aliphatic rings. The van der Waals surface area contributed by atoms with Crippen LogP contribution >= 0.6 is 0 Å². The van der Waals surface area contributed by atoms with Crippen molar-refractivity contribution in [3.8, 4) is 0 Å². The van der Waals surface area contributed by atoms with Crippen molar-refractivity contribution in [3.05, 3.63) is 65.2 Å². The molecule has 0 aliphatic heterocycles. The molecule has 6 nitrogen and oxygen atoms in total. The highest BCUT2D eigenvalue weighted by atomic mass is 32.2. The zero-order chi connectivity index (χ0) is 19.6. The summed E-state index contributed by atoms with van der Waals surface area (Å²) in [6.07, 6.45) is 3.02. The largest absolute Gasteiger partial charge is 0.345 e. The molecule has 1 atom stereocenters. The molecule has 1 amide bonds. The first-order chi connectivity index (χ1) is 12.8. The van der Waals surface area contributed by atoms with E-state index in [4.69, 9.17) is 0 Å². The number of aryl methyl sites for hydroxylation is 1. The van der Waals surface area contributed by atoms with Crippen molar-refractivity contribution < 1.29 is 13.2 Å². The Bertz CT molecular complexity index is 924. The summed E-state index contributed by atoms with van der Waals surface area (Å²) in [6, 6.07) is 14.8. The summed E-state index contributed by atoms with van der Waals surface area (Å²) in [5.74, 6) is -0.152. The smallest absolute Gasteiger partial charge is 0.303 e. The van der Waals surface area contributed by atoms with E-state index in [2.05, 4.69) is 17.4 Å². The minimum Gasteiger partial charge on any atom is -0.345 e. The monoisotopic (exact) mass is 387 g/mol. The van der Waals surface area contributed by atoms with E-state index in [0.29, 0.717) is 11.3 Å². The maximum absolute atomic E-state index is 12.7. The Kier molecular flexibility index (Phi) is 5.53. The molecule has 0 aromatic heterocycles. The molecule has 0 saturated heterocycles. The predicted octanol–water partition coefficient (Wildman–Crippen LogP) is 2.74. The lowest BCUT2D eigenvalue weighted by Crippen LogP contribution is -2.37. The van der Waals surface area contributed by atoms with Crippen LogP contribution in [0, 0.1) is 0 Å². The van der Waals surface area contributed by atoms with Gasteiger partial charge in [-0.25, -0.2) is 0 Å². The normalized spacial score (nSPS) is 16.7. The summed E-state index contributed by atoms with van der Waals surface area (Å²) < 4.78 is 26.7. The Balaban J connectivity index is 1.74. The van der Waals surface area contributed by atoms with Crippen molar-refractivity contribution in [2.75, 3.05) is 25.4 Å². The second-order valence-electron chi connectivity index (χ2n) is 6.92. The summed E-state index contributed by atoms with van der Waals surface area (Å²) >= 11 is 0. The Labute approximate surface area is 161 Å². The minimum absolute atomic E-state index is 0.0129. The second-order valence-corrected chi connectivity index (χ2v) is 9.10. The molecule has 1 aliphatic carbocycles. The highest BCUT2D eigenvalue weighted by molar-refractivity contribution is 7.90.